The van der Waals surface area contributed by atoms with E-state index < -0.39 is 0 Å². The van der Waals surface area contributed by atoms with Crippen LogP contribution in [-0.2, 0) is 11.2 Å². The van der Waals surface area contributed by atoms with Crippen LogP contribution < -0.4 is 0 Å². The summed E-state index contributed by atoms with van der Waals surface area (Å²) in [6, 6.07) is 14.2. The van der Waals surface area contributed by atoms with Crippen LogP contribution in [0.2, 0.25) is 0 Å². The van der Waals surface area contributed by atoms with Crippen LogP contribution in [0.4, 0.5) is 0 Å². The molecule has 2 atom stereocenters. The second kappa shape index (κ2) is 4.73. The highest BCUT2D eigenvalue weighted by Gasteiger charge is 2.43. The predicted molar refractivity (Wildman–Crippen MR) is 70.2 cm³/mol. The summed E-state index contributed by atoms with van der Waals surface area (Å²) in [5, 5.41) is 0. The molecular weight excluding hydrogens is 222 g/mol. The minimum absolute atomic E-state index is 0.215. The Balaban J connectivity index is 1.63. The molecule has 2 heteroatoms. The SMILES string of the molecule is O=C(Cc1cccnc1)C1CC1c1ccccc1. The molecule has 1 aromatic carbocycles. The van der Waals surface area contributed by atoms with Gasteiger partial charge in [0.1, 0.15) is 5.78 Å². The maximum atomic E-state index is 12.1. The average Bonchev–Trinajstić information content (AvgIpc) is 3.21. The summed E-state index contributed by atoms with van der Waals surface area (Å²) in [6.45, 7) is 0. The van der Waals surface area contributed by atoms with E-state index in [0.717, 1.165) is 12.0 Å². The monoisotopic (exact) mass is 237 g/mol. The lowest BCUT2D eigenvalue weighted by Gasteiger charge is -2.01. The molecule has 0 bridgehead atoms. The third kappa shape index (κ3) is 2.33. The molecule has 1 heterocycles. The zero-order valence-corrected chi connectivity index (χ0v) is 10.1. The lowest BCUT2D eigenvalue weighted by Crippen LogP contribution is -2.06. The predicted octanol–water partition coefficient (Wildman–Crippen LogP) is 3.00. The van der Waals surface area contributed by atoms with Gasteiger partial charge in [0, 0.05) is 24.7 Å². The van der Waals surface area contributed by atoms with Crippen LogP contribution >= 0.6 is 0 Å². The molecule has 1 aromatic heterocycles. The molecule has 1 saturated carbocycles. The van der Waals surface area contributed by atoms with Crippen LogP contribution in [0.1, 0.15) is 23.5 Å². The van der Waals surface area contributed by atoms with E-state index in [1.165, 1.54) is 5.56 Å². The summed E-state index contributed by atoms with van der Waals surface area (Å²) in [7, 11) is 0. The number of nitrogens with zero attached hydrogens (tertiary/aromatic N) is 1. The molecule has 2 nitrogen and oxygen atoms in total. The second-order valence-electron chi connectivity index (χ2n) is 4.86. The molecule has 0 saturated heterocycles. The fourth-order valence-corrected chi connectivity index (χ4v) is 2.45. The van der Waals surface area contributed by atoms with E-state index in [2.05, 4.69) is 17.1 Å². The number of carbonyl (C=O) groups excluding carboxylic acids is 1. The molecule has 0 spiro atoms. The smallest absolute Gasteiger partial charge is 0.141 e. The highest BCUT2D eigenvalue weighted by molar-refractivity contribution is 5.86. The van der Waals surface area contributed by atoms with Crippen molar-refractivity contribution in [3.05, 3.63) is 66.0 Å². The standard InChI is InChI=1S/C16H15NO/c18-16(9-12-5-4-8-17-11-12)15-10-14(15)13-6-2-1-3-7-13/h1-8,11,14-15H,9-10H2. The van der Waals surface area contributed by atoms with Crippen molar-refractivity contribution < 1.29 is 4.79 Å². The average molecular weight is 237 g/mol. The Morgan fingerprint density at radius 2 is 2.00 bits per heavy atom. The maximum Gasteiger partial charge on any atom is 0.141 e. The first-order valence-electron chi connectivity index (χ1n) is 6.31. The van der Waals surface area contributed by atoms with Gasteiger partial charge in [-0.1, -0.05) is 36.4 Å². The first kappa shape index (κ1) is 11.1. The molecular formula is C16H15NO. The van der Waals surface area contributed by atoms with Crippen LogP contribution in [0, 0.1) is 5.92 Å². The van der Waals surface area contributed by atoms with Gasteiger partial charge in [-0.2, -0.15) is 0 Å². The lowest BCUT2D eigenvalue weighted by atomic mass is 10.0. The molecule has 0 N–H and O–H groups in total. The normalized spacial score (nSPS) is 21.6. The van der Waals surface area contributed by atoms with Gasteiger partial charge in [0.2, 0.25) is 0 Å². The van der Waals surface area contributed by atoms with E-state index in [1.54, 1.807) is 12.4 Å². The first-order valence-corrected chi connectivity index (χ1v) is 6.31. The van der Waals surface area contributed by atoms with Crippen LogP contribution in [0.25, 0.3) is 0 Å². The van der Waals surface area contributed by atoms with Gasteiger partial charge < -0.3 is 0 Å². The van der Waals surface area contributed by atoms with E-state index in [9.17, 15) is 4.79 Å². The van der Waals surface area contributed by atoms with E-state index in [-0.39, 0.29) is 5.92 Å². The van der Waals surface area contributed by atoms with Gasteiger partial charge in [0.25, 0.3) is 0 Å². The molecule has 2 aromatic rings. The van der Waals surface area contributed by atoms with Crippen LogP contribution in [-0.4, -0.2) is 10.8 Å². The van der Waals surface area contributed by atoms with Crippen molar-refractivity contribution >= 4 is 5.78 Å². The Morgan fingerprint density at radius 3 is 2.72 bits per heavy atom. The van der Waals surface area contributed by atoms with Gasteiger partial charge in [-0.15, -0.1) is 0 Å². The lowest BCUT2D eigenvalue weighted by molar-refractivity contribution is -0.119. The Bertz CT molecular complexity index is 536. The zero-order valence-electron chi connectivity index (χ0n) is 10.1. The number of rotatable bonds is 4. The largest absolute Gasteiger partial charge is 0.299 e. The van der Waals surface area contributed by atoms with E-state index in [0.29, 0.717) is 18.1 Å². The van der Waals surface area contributed by atoms with Crippen molar-refractivity contribution in [2.24, 2.45) is 5.92 Å². The van der Waals surface area contributed by atoms with Gasteiger partial charge in [-0.05, 0) is 29.5 Å². The molecule has 1 fully saturated rings. The second-order valence-corrected chi connectivity index (χ2v) is 4.86. The van der Waals surface area contributed by atoms with Crippen LogP contribution in [0.15, 0.2) is 54.9 Å². The molecule has 1 aliphatic rings. The molecule has 3 rings (SSSR count). The summed E-state index contributed by atoms with van der Waals surface area (Å²) in [4.78, 5) is 16.2. The van der Waals surface area contributed by atoms with Crippen molar-refractivity contribution in [3.8, 4) is 0 Å². The van der Waals surface area contributed by atoms with Gasteiger partial charge in [-0.3, -0.25) is 9.78 Å². The van der Waals surface area contributed by atoms with Gasteiger partial charge in [0.15, 0.2) is 0 Å². The fourth-order valence-electron chi connectivity index (χ4n) is 2.45. The summed E-state index contributed by atoms with van der Waals surface area (Å²) in [6.07, 6.45) is 5.03. The summed E-state index contributed by atoms with van der Waals surface area (Å²) in [5.41, 5.74) is 2.31. The van der Waals surface area contributed by atoms with Crippen molar-refractivity contribution in [2.75, 3.05) is 0 Å². The fraction of sp³-hybridized carbons (Fsp3) is 0.250. The highest BCUT2D eigenvalue weighted by atomic mass is 16.1. The van der Waals surface area contributed by atoms with E-state index in [4.69, 9.17) is 0 Å². The Kier molecular flexibility index (Phi) is 2.93. The van der Waals surface area contributed by atoms with Crippen LogP contribution in [0.5, 0.6) is 0 Å². The number of benzene rings is 1. The maximum absolute atomic E-state index is 12.1. The topological polar surface area (TPSA) is 30.0 Å². The molecule has 0 radical (unpaired) electrons. The molecule has 2 unspecified atom stereocenters. The zero-order chi connectivity index (χ0) is 12.4. The Morgan fingerprint density at radius 1 is 1.17 bits per heavy atom. The van der Waals surface area contributed by atoms with E-state index >= 15 is 0 Å². The molecule has 0 aliphatic heterocycles. The first-order chi connectivity index (χ1) is 8.84. The number of hydrogen-bond donors (Lipinski definition) is 0. The van der Waals surface area contributed by atoms with Gasteiger partial charge >= 0.3 is 0 Å². The third-order valence-corrected chi connectivity index (χ3v) is 3.53. The number of ketones is 1. The summed E-state index contributed by atoms with van der Waals surface area (Å²) in [5.74, 6) is 1.000. The number of carbonyl (C=O) groups is 1. The Hall–Kier alpha value is -1.96. The van der Waals surface area contributed by atoms with Crippen molar-refractivity contribution in [3.63, 3.8) is 0 Å². The number of pyridine rings is 1. The number of hydrogen-bond acceptors (Lipinski definition) is 2. The van der Waals surface area contributed by atoms with Crippen molar-refractivity contribution in [1.29, 1.82) is 0 Å². The quantitative estimate of drug-likeness (QED) is 0.818. The minimum Gasteiger partial charge on any atom is -0.299 e. The molecule has 18 heavy (non-hydrogen) atoms. The van der Waals surface area contributed by atoms with Crippen molar-refractivity contribution in [1.82, 2.24) is 4.98 Å². The number of Topliss-reactive ketones (excluding diaryl/α,β-unsaturated/α-hetero) is 1. The minimum atomic E-state index is 0.215. The third-order valence-electron chi connectivity index (χ3n) is 3.53. The van der Waals surface area contributed by atoms with Gasteiger partial charge in [-0.25, -0.2) is 0 Å². The number of aromatic nitrogens is 1. The molecule has 0 amide bonds. The summed E-state index contributed by atoms with van der Waals surface area (Å²) >= 11 is 0. The highest BCUT2D eigenvalue weighted by Crippen LogP contribution is 2.48. The van der Waals surface area contributed by atoms with Crippen molar-refractivity contribution in [2.45, 2.75) is 18.8 Å². The Labute approximate surface area is 107 Å². The molecule has 1 aliphatic carbocycles. The molecule has 90 valence electrons. The van der Waals surface area contributed by atoms with Crippen LogP contribution in [0.3, 0.4) is 0 Å². The van der Waals surface area contributed by atoms with E-state index in [1.807, 2.05) is 30.3 Å². The van der Waals surface area contributed by atoms with Gasteiger partial charge in [0.05, 0.1) is 0 Å². The summed E-state index contributed by atoms with van der Waals surface area (Å²) < 4.78 is 0.